The molecule has 3 amide bonds. The summed E-state index contributed by atoms with van der Waals surface area (Å²) < 4.78 is 99.1. The number of benzene rings is 2. The Labute approximate surface area is 392 Å². The molecule has 2 aliphatic heterocycles. The second kappa shape index (κ2) is 22.2. The van der Waals surface area contributed by atoms with Crippen LogP contribution in [0.2, 0.25) is 0 Å². The maximum atomic E-state index is 12.8. The number of nitrogens with one attached hydrogen (secondary N) is 1. The summed E-state index contributed by atoms with van der Waals surface area (Å²) in [7, 11) is 2.83. The van der Waals surface area contributed by atoms with Gasteiger partial charge in [0.15, 0.2) is 0 Å². The Hall–Kier alpha value is -6.60. The summed E-state index contributed by atoms with van der Waals surface area (Å²) in [5.41, 5.74) is 4.64. The molecule has 0 bridgehead atoms. The van der Waals surface area contributed by atoms with Gasteiger partial charge in [-0.2, -0.15) is 26.3 Å². The molecule has 0 radical (unpaired) electrons. The summed E-state index contributed by atoms with van der Waals surface area (Å²) in [4.78, 5) is 50.0. The number of methoxy groups -OCH3 is 2. The van der Waals surface area contributed by atoms with Crippen molar-refractivity contribution in [3.8, 4) is 23.1 Å². The molecule has 2 saturated heterocycles. The first-order valence-corrected chi connectivity index (χ1v) is 21.1. The number of aliphatic hydroxyl groups excluding tert-OH is 2. The number of ether oxygens (including phenoxy) is 4. The first-order chi connectivity index (χ1) is 31.9. The molecule has 69 heavy (non-hydrogen) atoms. The van der Waals surface area contributed by atoms with E-state index in [0.29, 0.717) is 28.4 Å². The highest BCUT2D eigenvalue weighted by atomic mass is 19.4. The fraction of sp³-hybridized carbons (Fsp3) is 0.500. The number of carboxylic acids is 1. The number of β-amino-alcohol motifs (C(OH)–C–C–N with tert-alkyl or cyclic N) is 2. The third-order valence-corrected chi connectivity index (χ3v) is 9.88. The zero-order valence-corrected chi connectivity index (χ0v) is 39.0. The van der Waals surface area contributed by atoms with Crippen molar-refractivity contribution in [3.63, 3.8) is 0 Å². The van der Waals surface area contributed by atoms with Crippen molar-refractivity contribution in [3.05, 3.63) is 83.2 Å². The smallest absolute Gasteiger partial charge is 0.416 e. The van der Waals surface area contributed by atoms with E-state index in [1.54, 1.807) is 47.7 Å². The zero-order chi connectivity index (χ0) is 51.8. The van der Waals surface area contributed by atoms with Gasteiger partial charge in [0.2, 0.25) is 17.7 Å². The van der Waals surface area contributed by atoms with Gasteiger partial charge in [0.1, 0.15) is 23.3 Å². The molecule has 380 valence electrons. The minimum atomic E-state index is -4.45. The number of aromatic nitrogens is 4. The highest BCUT2D eigenvalue weighted by molar-refractivity contribution is 5.86. The van der Waals surface area contributed by atoms with Crippen LogP contribution in [0.3, 0.4) is 0 Å². The number of hydrogen-bond acceptors (Lipinski definition) is 13. The van der Waals surface area contributed by atoms with E-state index in [2.05, 4.69) is 15.5 Å². The van der Waals surface area contributed by atoms with Crippen LogP contribution in [0.4, 0.5) is 35.9 Å². The summed E-state index contributed by atoms with van der Waals surface area (Å²) in [5, 5.41) is 39.2. The molecular weight excluding hydrogens is 931 g/mol. The van der Waals surface area contributed by atoms with E-state index in [9.17, 15) is 55.7 Å². The molecule has 4 aromatic rings. The van der Waals surface area contributed by atoms with E-state index in [0.717, 1.165) is 29.2 Å². The Bertz CT molecular complexity index is 2360. The van der Waals surface area contributed by atoms with Crippen LogP contribution >= 0.6 is 0 Å². The van der Waals surface area contributed by atoms with Crippen molar-refractivity contribution in [2.24, 2.45) is 5.73 Å². The van der Waals surface area contributed by atoms with Crippen molar-refractivity contribution in [1.29, 1.82) is 0 Å². The number of nitrogens with zero attached hydrogens (tertiary/aromatic N) is 6. The lowest BCUT2D eigenvalue weighted by molar-refractivity contribution is -0.142. The van der Waals surface area contributed by atoms with Crippen LogP contribution in [-0.4, -0.2) is 132 Å². The molecule has 4 heterocycles. The van der Waals surface area contributed by atoms with Gasteiger partial charge >= 0.3 is 30.5 Å². The molecule has 6 N–H and O–H groups in total. The summed E-state index contributed by atoms with van der Waals surface area (Å²) >= 11 is 0. The SMILES string of the molecule is CC(C)(C)OC(=O)N1C[C@@H](O)C[C@H]1C(=O)O.COc1nn(-c2ccc(C(F)(F)F)cc2)cc1CN.COc1nn(-c2ccc(C(F)(F)F)cc2)cc1CNC(=O)C1C[C@H](O)CN1C(=O)OC(C)(C)C. The first kappa shape index (κ1) is 55.0. The normalized spacial score (nSPS) is 18.3. The number of carboxylic acid groups (broad SMARTS) is 1. The fourth-order valence-corrected chi connectivity index (χ4v) is 6.72. The Kier molecular flexibility index (Phi) is 17.7. The van der Waals surface area contributed by atoms with Gasteiger partial charge in [0, 0.05) is 43.9 Å². The second-order valence-electron chi connectivity index (χ2n) is 17.6. The Balaban J connectivity index is 0.000000249. The molecular formula is C44H56F6N8O11. The number of likely N-dealkylation sites (tertiary alicyclic amines) is 2. The third-order valence-electron chi connectivity index (χ3n) is 9.88. The Morgan fingerprint density at radius 2 is 1.04 bits per heavy atom. The van der Waals surface area contributed by atoms with Gasteiger partial charge in [0.05, 0.1) is 67.6 Å². The summed E-state index contributed by atoms with van der Waals surface area (Å²) in [6.07, 6.45) is -8.58. The lowest BCUT2D eigenvalue weighted by atomic mass is 10.2. The predicted octanol–water partition coefficient (Wildman–Crippen LogP) is 5.69. The molecule has 0 spiro atoms. The van der Waals surface area contributed by atoms with Crippen LogP contribution in [0.25, 0.3) is 11.4 Å². The van der Waals surface area contributed by atoms with Crippen LogP contribution < -0.4 is 20.5 Å². The fourth-order valence-electron chi connectivity index (χ4n) is 6.72. The number of carbonyl (C=O) groups is 4. The summed E-state index contributed by atoms with van der Waals surface area (Å²) in [5.74, 6) is -1.08. The number of hydrogen-bond donors (Lipinski definition) is 5. The number of alkyl halides is 6. The van der Waals surface area contributed by atoms with Crippen molar-refractivity contribution in [2.45, 2.75) is 115 Å². The molecule has 2 aliphatic rings. The van der Waals surface area contributed by atoms with Gasteiger partial charge in [-0.15, -0.1) is 10.2 Å². The zero-order valence-electron chi connectivity index (χ0n) is 39.0. The number of aliphatic hydroxyl groups is 2. The lowest BCUT2D eigenvalue weighted by Gasteiger charge is -2.27. The monoisotopic (exact) mass is 986 g/mol. The van der Waals surface area contributed by atoms with Gasteiger partial charge in [-0.3, -0.25) is 14.6 Å². The molecule has 1 unspecified atom stereocenters. The van der Waals surface area contributed by atoms with Crippen LogP contribution in [0.15, 0.2) is 60.9 Å². The van der Waals surface area contributed by atoms with Crippen molar-refractivity contribution < 1.29 is 79.8 Å². The quantitative estimate of drug-likeness (QED) is 0.127. The van der Waals surface area contributed by atoms with Crippen LogP contribution in [0, 0.1) is 0 Å². The minimum absolute atomic E-state index is 0.00583. The molecule has 2 aromatic heterocycles. The summed E-state index contributed by atoms with van der Waals surface area (Å²) in [6, 6.07) is 7.23. The van der Waals surface area contributed by atoms with Gasteiger partial charge in [-0.25, -0.2) is 23.7 Å². The van der Waals surface area contributed by atoms with E-state index in [-0.39, 0.29) is 44.9 Å². The molecule has 6 rings (SSSR count). The van der Waals surface area contributed by atoms with E-state index >= 15 is 0 Å². The highest BCUT2D eigenvalue weighted by Gasteiger charge is 2.42. The second-order valence-corrected chi connectivity index (χ2v) is 17.6. The Morgan fingerprint density at radius 3 is 1.39 bits per heavy atom. The Morgan fingerprint density at radius 1 is 0.667 bits per heavy atom. The standard InChI is InChI=1S/C22H27F3N4O5.C12H12F3N3O.C10H17NO5/c1-21(2,3)34-20(32)28-12-16(30)9-17(28)18(31)26-10-13-11-29(27-19(13)33-4)15-7-5-14(6-8-15)22(23,24)25;1-19-11-8(6-16)7-18(17-11)10-4-2-9(3-5-10)12(13,14)15;1-10(2,3)16-9(15)11-5-6(12)4-7(11)8(13)14/h5-8,11,16-17,30H,9-10,12H2,1-4H3,(H,26,31);2-5,7H,6,16H2,1H3;6-7,12H,4-5H2,1-3H3,(H,13,14)/t16-,17?;;6-,7-/m0.0/s1. The van der Waals surface area contributed by atoms with E-state index in [1.165, 1.54) is 58.9 Å². The molecule has 0 saturated carbocycles. The molecule has 0 aliphatic carbocycles. The average Bonchev–Trinajstić information content (AvgIpc) is 4.06. The van der Waals surface area contributed by atoms with Gasteiger partial charge < -0.3 is 45.3 Å². The van der Waals surface area contributed by atoms with Crippen LogP contribution in [-0.2, 0) is 44.5 Å². The van der Waals surface area contributed by atoms with E-state index in [4.69, 9.17) is 29.8 Å². The molecule has 19 nitrogen and oxygen atoms in total. The molecule has 2 aromatic carbocycles. The third kappa shape index (κ3) is 15.5. The molecule has 2 fully saturated rings. The predicted molar refractivity (Wildman–Crippen MR) is 232 cm³/mol. The average molecular weight is 987 g/mol. The summed E-state index contributed by atoms with van der Waals surface area (Å²) in [6.45, 7) is 10.4. The van der Waals surface area contributed by atoms with Crippen molar-refractivity contribution in [1.82, 2.24) is 34.7 Å². The van der Waals surface area contributed by atoms with Gasteiger partial charge in [-0.05, 0) is 90.1 Å². The minimum Gasteiger partial charge on any atom is -0.480 e. The topological polar surface area (TPSA) is 246 Å². The maximum absolute atomic E-state index is 12.8. The maximum Gasteiger partial charge on any atom is 0.416 e. The van der Waals surface area contributed by atoms with Gasteiger partial charge in [0.25, 0.3) is 0 Å². The number of carbonyl (C=O) groups excluding carboxylic acids is 3. The van der Waals surface area contributed by atoms with Crippen LogP contribution in [0.5, 0.6) is 11.8 Å². The number of rotatable bonds is 9. The van der Waals surface area contributed by atoms with E-state index in [1.807, 2.05) is 0 Å². The lowest BCUT2D eigenvalue weighted by Crippen LogP contribution is -2.47. The number of nitrogens with two attached hydrogens (primary N) is 1. The van der Waals surface area contributed by atoms with E-state index < -0.39 is 83.0 Å². The van der Waals surface area contributed by atoms with Crippen molar-refractivity contribution >= 4 is 24.1 Å². The molecule has 25 heteroatoms. The first-order valence-electron chi connectivity index (χ1n) is 21.1. The number of aliphatic carboxylic acids is 1. The number of halogens is 6. The largest absolute Gasteiger partial charge is 0.480 e. The van der Waals surface area contributed by atoms with Gasteiger partial charge in [-0.1, -0.05) is 0 Å². The van der Waals surface area contributed by atoms with Crippen molar-refractivity contribution in [2.75, 3.05) is 27.3 Å². The van der Waals surface area contributed by atoms with Crippen LogP contribution in [0.1, 0.15) is 76.6 Å². The number of amides is 3. The highest BCUT2D eigenvalue weighted by Crippen LogP contribution is 2.32. The molecule has 4 atom stereocenters.